The standard InChI is InChI=1S/C19H30N6O2.HI/c1-4-26-13-8-11-20-19(22-15-18-24-23-16(2)25(18)3)21-12-14-27-17-9-6-5-7-10-17;/h5-7,9-10H,4,8,11-15H2,1-3H3,(H2,20,21,22);1H. The second-order valence-electron chi connectivity index (χ2n) is 5.95. The molecule has 0 saturated carbocycles. The maximum atomic E-state index is 5.71. The zero-order chi connectivity index (χ0) is 19.3. The van der Waals surface area contributed by atoms with Crippen LogP contribution in [0.15, 0.2) is 35.3 Å². The third kappa shape index (κ3) is 8.87. The number of aliphatic imine (C=N–C) groups is 1. The van der Waals surface area contributed by atoms with Gasteiger partial charge in [-0.15, -0.1) is 34.2 Å². The van der Waals surface area contributed by atoms with Crippen LogP contribution in [0.2, 0.25) is 0 Å². The minimum Gasteiger partial charge on any atom is -0.492 e. The van der Waals surface area contributed by atoms with Gasteiger partial charge in [-0.3, -0.25) is 0 Å². The van der Waals surface area contributed by atoms with Gasteiger partial charge < -0.3 is 24.7 Å². The van der Waals surface area contributed by atoms with Gasteiger partial charge in [-0.25, -0.2) is 4.99 Å². The minimum atomic E-state index is 0. The van der Waals surface area contributed by atoms with Crippen molar-refractivity contribution in [2.24, 2.45) is 12.0 Å². The van der Waals surface area contributed by atoms with Crippen LogP contribution in [-0.2, 0) is 18.3 Å². The molecule has 1 aromatic heterocycles. The number of hydrogen-bond acceptors (Lipinski definition) is 5. The van der Waals surface area contributed by atoms with Crippen LogP contribution in [0, 0.1) is 6.92 Å². The first kappa shape index (κ1) is 24.2. The molecule has 0 atom stereocenters. The van der Waals surface area contributed by atoms with Crippen molar-refractivity contribution in [3.05, 3.63) is 42.0 Å². The second-order valence-corrected chi connectivity index (χ2v) is 5.95. The number of guanidine groups is 1. The molecule has 0 amide bonds. The Labute approximate surface area is 184 Å². The molecule has 9 heteroatoms. The number of benzene rings is 1. The van der Waals surface area contributed by atoms with Crippen molar-refractivity contribution < 1.29 is 9.47 Å². The van der Waals surface area contributed by atoms with Crippen molar-refractivity contribution in [2.75, 3.05) is 32.9 Å². The van der Waals surface area contributed by atoms with Gasteiger partial charge in [0.25, 0.3) is 0 Å². The maximum absolute atomic E-state index is 5.71. The van der Waals surface area contributed by atoms with E-state index < -0.39 is 0 Å². The molecule has 8 nitrogen and oxygen atoms in total. The van der Waals surface area contributed by atoms with Crippen molar-refractivity contribution in [1.29, 1.82) is 0 Å². The predicted molar refractivity (Wildman–Crippen MR) is 121 cm³/mol. The molecule has 0 aliphatic carbocycles. The Hall–Kier alpha value is -1.88. The summed E-state index contributed by atoms with van der Waals surface area (Å²) in [5.41, 5.74) is 0. The Bertz CT molecular complexity index is 693. The summed E-state index contributed by atoms with van der Waals surface area (Å²) in [6.07, 6.45) is 0.915. The Morgan fingerprint density at radius 2 is 1.86 bits per heavy atom. The number of rotatable bonds is 11. The lowest BCUT2D eigenvalue weighted by atomic mass is 10.3. The number of para-hydroxylation sites is 1. The predicted octanol–water partition coefficient (Wildman–Crippen LogP) is 2.28. The fourth-order valence-corrected chi connectivity index (χ4v) is 2.29. The third-order valence-electron chi connectivity index (χ3n) is 3.93. The molecule has 0 bridgehead atoms. The quantitative estimate of drug-likeness (QED) is 0.212. The molecule has 1 heterocycles. The molecule has 2 N–H and O–H groups in total. The van der Waals surface area contributed by atoms with E-state index >= 15 is 0 Å². The molecule has 0 radical (unpaired) electrons. The summed E-state index contributed by atoms with van der Waals surface area (Å²) in [7, 11) is 1.94. The highest BCUT2D eigenvalue weighted by Gasteiger charge is 2.05. The highest BCUT2D eigenvalue weighted by Crippen LogP contribution is 2.07. The van der Waals surface area contributed by atoms with Gasteiger partial charge in [0.2, 0.25) is 0 Å². The van der Waals surface area contributed by atoms with Crippen LogP contribution in [0.25, 0.3) is 0 Å². The van der Waals surface area contributed by atoms with Gasteiger partial charge in [-0.05, 0) is 32.4 Å². The van der Waals surface area contributed by atoms with E-state index in [2.05, 4.69) is 25.8 Å². The van der Waals surface area contributed by atoms with E-state index in [0.717, 1.165) is 49.5 Å². The van der Waals surface area contributed by atoms with Gasteiger partial charge in [-0.1, -0.05) is 18.2 Å². The number of nitrogens with zero attached hydrogens (tertiary/aromatic N) is 4. The highest BCUT2D eigenvalue weighted by molar-refractivity contribution is 14.0. The summed E-state index contributed by atoms with van der Waals surface area (Å²) in [4.78, 5) is 4.61. The van der Waals surface area contributed by atoms with Gasteiger partial charge in [0.05, 0.1) is 6.54 Å². The molecule has 156 valence electrons. The maximum Gasteiger partial charge on any atom is 0.191 e. The average Bonchev–Trinajstić information content (AvgIpc) is 3.01. The lowest BCUT2D eigenvalue weighted by molar-refractivity contribution is 0.145. The van der Waals surface area contributed by atoms with Gasteiger partial charge in [0, 0.05) is 26.8 Å². The van der Waals surface area contributed by atoms with Crippen LogP contribution in [0.1, 0.15) is 25.0 Å². The molecule has 0 aliphatic heterocycles. The monoisotopic (exact) mass is 502 g/mol. The summed E-state index contributed by atoms with van der Waals surface area (Å²) in [5, 5.41) is 14.8. The third-order valence-corrected chi connectivity index (χ3v) is 3.93. The molecule has 0 aliphatic rings. The molecule has 1 aromatic carbocycles. The number of ether oxygens (including phenoxy) is 2. The molecular weight excluding hydrogens is 471 g/mol. The number of halogens is 1. The number of hydrogen-bond donors (Lipinski definition) is 2. The topological polar surface area (TPSA) is 85.6 Å². The second kappa shape index (κ2) is 14.2. The SMILES string of the molecule is CCOCCCNC(=NCc1nnc(C)n1C)NCCOc1ccccc1.I. The number of aryl methyl sites for hydroxylation is 1. The first-order chi connectivity index (χ1) is 13.2. The van der Waals surface area contributed by atoms with Crippen LogP contribution in [0.5, 0.6) is 5.75 Å². The molecule has 28 heavy (non-hydrogen) atoms. The van der Waals surface area contributed by atoms with Crippen molar-refractivity contribution in [3.8, 4) is 5.75 Å². The summed E-state index contributed by atoms with van der Waals surface area (Å²) in [6, 6.07) is 9.77. The van der Waals surface area contributed by atoms with Crippen LogP contribution < -0.4 is 15.4 Å². The largest absolute Gasteiger partial charge is 0.492 e. The molecular formula is C19H31IN6O2. The highest BCUT2D eigenvalue weighted by atomic mass is 127. The lowest BCUT2D eigenvalue weighted by Crippen LogP contribution is -2.40. The van der Waals surface area contributed by atoms with Crippen LogP contribution in [0.3, 0.4) is 0 Å². The normalized spacial score (nSPS) is 11.0. The van der Waals surface area contributed by atoms with Crippen molar-refractivity contribution in [3.63, 3.8) is 0 Å². The van der Waals surface area contributed by atoms with Gasteiger partial charge in [0.1, 0.15) is 24.7 Å². The number of nitrogens with one attached hydrogen (secondary N) is 2. The zero-order valence-corrected chi connectivity index (χ0v) is 19.2. The van der Waals surface area contributed by atoms with Crippen molar-refractivity contribution in [1.82, 2.24) is 25.4 Å². The minimum absolute atomic E-state index is 0. The fourth-order valence-electron chi connectivity index (χ4n) is 2.29. The molecule has 0 unspecified atom stereocenters. The molecule has 0 fully saturated rings. The summed E-state index contributed by atoms with van der Waals surface area (Å²) < 4.78 is 13.0. The van der Waals surface area contributed by atoms with E-state index in [9.17, 15) is 0 Å². The van der Waals surface area contributed by atoms with Crippen molar-refractivity contribution in [2.45, 2.75) is 26.8 Å². The first-order valence-electron chi connectivity index (χ1n) is 9.33. The van der Waals surface area contributed by atoms with Gasteiger partial charge in [0.15, 0.2) is 11.8 Å². The summed E-state index contributed by atoms with van der Waals surface area (Å²) in [5.74, 6) is 3.28. The first-order valence-corrected chi connectivity index (χ1v) is 9.33. The van der Waals surface area contributed by atoms with E-state index in [1.165, 1.54) is 0 Å². The van der Waals surface area contributed by atoms with Crippen LogP contribution >= 0.6 is 24.0 Å². The van der Waals surface area contributed by atoms with E-state index in [1.807, 2.05) is 55.8 Å². The molecule has 0 spiro atoms. The molecule has 0 saturated heterocycles. The average molecular weight is 502 g/mol. The Kier molecular flexibility index (Phi) is 12.2. The van der Waals surface area contributed by atoms with E-state index in [4.69, 9.17) is 9.47 Å². The van der Waals surface area contributed by atoms with E-state index in [-0.39, 0.29) is 24.0 Å². The summed E-state index contributed by atoms with van der Waals surface area (Å²) >= 11 is 0. The van der Waals surface area contributed by atoms with Gasteiger partial charge >= 0.3 is 0 Å². The fraction of sp³-hybridized carbons (Fsp3) is 0.526. The van der Waals surface area contributed by atoms with Crippen LogP contribution in [0.4, 0.5) is 0 Å². The van der Waals surface area contributed by atoms with E-state index in [1.54, 1.807) is 0 Å². The molecule has 2 rings (SSSR count). The van der Waals surface area contributed by atoms with Crippen molar-refractivity contribution >= 4 is 29.9 Å². The summed E-state index contributed by atoms with van der Waals surface area (Å²) in [6.45, 7) is 7.82. The smallest absolute Gasteiger partial charge is 0.191 e. The van der Waals surface area contributed by atoms with Gasteiger partial charge in [-0.2, -0.15) is 0 Å². The molecule has 2 aromatic rings. The zero-order valence-electron chi connectivity index (χ0n) is 16.9. The van der Waals surface area contributed by atoms with E-state index in [0.29, 0.717) is 19.7 Å². The Balaban J connectivity index is 0.00000392. The lowest BCUT2D eigenvalue weighted by Gasteiger charge is -2.13. The van der Waals surface area contributed by atoms with Crippen LogP contribution in [-0.4, -0.2) is 53.6 Å². The Morgan fingerprint density at radius 1 is 1.11 bits per heavy atom. The number of aromatic nitrogens is 3. The Morgan fingerprint density at radius 3 is 2.54 bits per heavy atom.